The van der Waals surface area contributed by atoms with Gasteiger partial charge in [0, 0.05) is 17.3 Å². The first kappa shape index (κ1) is 16.6. The van der Waals surface area contributed by atoms with Crippen LogP contribution in [0, 0.1) is 0 Å². The molecule has 0 saturated heterocycles. The van der Waals surface area contributed by atoms with Crippen molar-refractivity contribution in [1.82, 2.24) is 0 Å². The Bertz CT molecular complexity index is 881. The molecule has 1 aliphatic rings. The molecule has 4 rings (SSSR count). The minimum atomic E-state index is -0.0543. The third-order valence-corrected chi connectivity index (χ3v) is 5.16. The molecule has 1 aliphatic heterocycles. The standard InChI is InChI=1S/C20H18N2O3S/c23-19(22-15-8-9-16-17(11-15)25-13-24-16)12-21-20(18-7-4-10-26-18)14-5-2-1-3-6-14/h1-11,20-21H,12-13H2,(H,22,23)/p+1/t20-/m1/s1. The number of quaternary nitrogens is 1. The lowest BCUT2D eigenvalue weighted by atomic mass is 10.1. The number of hydrogen-bond acceptors (Lipinski definition) is 4. The molecular formula is C20H19N2O3S+. The summed E-state index contributed by atoms with van der Waals surface area (Å²) in [5, 5.41) is 7.04. The maximum absolute atomic E-state index is 12.4. The van der Waals surface area contributed by atoms with Gasteiger partial charge in [-0.1, -0.05) is 36.4 Å². The summed E-state index contributed by atoms with van der Waals surface area (Å²) in [6.07, 6.45) is 0. The van der Waals surface area contributed by atoms with Gasteiger partial charge in [-0.05, 0) is 23.6 Å². The van der Waals surface area contributed by atoms with E-state index in [-0.39, 0.29) is 18.7 Å². The third-order valence-electron chi connectivity index (χ3n) is 4.20. The van der Waals surface area contributed by atoms with E-state index in [1.165, 1.54) is 10.4 Å². The molecule has 0 unspecified atom stereocenters. The summed E-state index contributed by atoms with van der Waals surface area (Å²) in [6.45, 7) is 0.548. The van der Waals surface area contributed by atoms with Crippen molar-refractivity contribution in [1.29, 1.82) is 0 Å². The van der Waals surface area contributed by atoms with Gasteiger partial charge in [-0.15, -0.1) is 11.3 Å². The Kier molecular flexibility index (Phi) is 4.86. The first-order valence-corrected chi connectivity index (χ1v) is 9.29. The second-order valence-electron chi connectivity index (χ2n) is 5.96. The zero-order valence-corrected chi connectivity index (χ0v) is 14.9. The highest BCUT2D eigenvalue weighted by molar-refractivity contribution is 7.10. The van der Waals surface area contributed by atoms with Crippen LogP contribution in [0.1, 0.15) is 16.5 Å². The van der Waals surface area contributed by atoms with Crippen LogP contribution in [0.25, 0.3) is 0 Å². The lowest BCUT2D eigenvalue weighted by Crippen LogP contribution is -2.87. The van der Waals surface area contributed by atoms with Crippen LogP contribution < -0.4 is 20.1 Å². The molecule has 26 heavy (non-hydrogen) atoms. The molecule has 132 valence electrons. The number of carbonyl (C=O) groups is 1. The van der Waals surface area contributed by atoms with E-state index in [1.54, 1.807) is 23.5 Å². The molecule has 1 aromatic heterocycles. The van der Waals surface area contributed by atoms with Crippen LogP contribution in [-0.4, -0.2) is 19.2 Å². The first-order valence-electron chi connectivity index (χ1n) is 8.41. The topological polar surface area (TPSA) is 64.2 Å². The number of nitrogens with one attached hydrogen (secondary N) is 1. The SMILES string of the molecule is O=C(C[NH2+][C@H](c1ccccc1)c1cccs1)Nc1ccc2c(c1)OCO2. The van der Waals surface area contributed by atoms with Gasteiger partial charge in [-0.3, -0.25) is 4.79 Å². The smallest absolute Gasteiger partial charge is 0.279 e. The number of fused-ring (bicyclic) bond motifs is 1. The minimum absolute atomic E-state index is 0.0543. The van der Waals surface area contributed by atoms with E-state index < -0.39 is 0 Å². The molecule has 1 atom stereocenters. The molecule has 6 heteroatoms. The number of hydrogen-bond donors (Lipinski definition) is 2. The van der Waals surface area contributed by atoms with Gasteiger partial charge in [0.05, 0.1) is 4.88 Å². The highest BCUT2D eigenvalue weighted by Gasteiger charge is 2.20. The van der Waals surface area contributed by atoms with E-state index in [0.717, 1.165) is 0 Å². The van der Waals surface area contributed by atoms with Crippen molar-refractivity contribution >= 4 is 22.9 Å². The van der Waals surface area contributed by atoms with Crippen molar-refractivity contribution in [3.8, 4) is 11.5 Å². The van der Waals surface area contributed by atoms with Gasteiger partial charge in [0.15, 0.2) is 18.0 Å². The average Bonchev–Trinajstić information content (AvgIpc) is 3.34. The zero-order chi connectivity index (χ0) is 17.8. The number of anilines is 1. The van der Waals surface area contributed by atoms with Crippen molar-refractivity contribution < 1.29 is 19.6 Å². The molecule has 0 fully saturated rings. The average molecular weight is 367 g/mol. The van der Waals surface area contributed by atoms with Gasteiger partial charge < -0.3 is 20.1 Å². The molecule has 0 bridgehead atoms. The number of nitrogens with two attached hydrogens (primary N) is 1. The molecule has 3 N–H and O–H groups in total. The van der Waals surface area contributed by atoms with Crippen LogP contribution in [0.15, 0.2) is 66.0 Å². The van der Waals surface area contributed by atoms with E-state index in [4.69, 9.17) is 9.47 Å². The van der Waals surface area contributed by atoms with Gasteiger partial charge in [0.2, 0.25) is 6.79 Å². The molecule has 2 aromatic carbocycles. The molecule has 0 radical (unpaired) electrons. The molecule has 0 spiro atoms. The molecule has 1 amide bonds. The number of carbonyl (C=O) groups excluding carboxylic acids is 1. The highest BCUT2D eigenvalue weighted by atomic mass is 32.1. The van der Waals surface area contributed by atoms with E-state index >= 15 is 0 Å². The summed E-state index contributed by atoms with van der Waals surface area (Å²) < 4.78 is 10.6. The van der Waals surface area contributed by atoms with E-state index in [0.29, 0.717) is 23.7 Å². The molecule has 3 aromatic rings. The predicted molar refractivity (Wildman–Crippen MR) is 101 cm³/mol. The fraction of sp³-hybridized carbons (Fsp3) is 0.150. The third kappa shape index (κ3) is 3.71. The fourth-order valence-corrected chi connectivity index (χ4v) is 3.81. The van der Waals surface area contributed by atoms with E-state index in [1.807, 2.05) is 30.3 Å². The summed E-state index contributed by atoms with van der Waals surface area (Å²) >= 11 is 1.70. The maximum atomic E-state index is 12.4. The zero-order valence-electron chi connectivity index (χ0n) is 14.1. The number of benzene rings is 2. The number of thiophene rings is 1. The Balaban J connectivity index is 1.42. The Morgan fingerprint density at radius 1 is 1.08 bits per heavy atom. The normalized spacial score (nSPS) is 13.4. The van der Waals surface area contributed by atoms with Crippen LogP contribution in [0.5, 0.6) is 11.5 Å². The van der Waals surface area contributed by atoms with Crippen molar-refractivity contribution in [2.45, 2.75) is 6.04 Å². The Morgan fingerprint density at radius 2 is 1.92 bits per heavy atom. The van der Waals surface area contributed by atoms with Crippen molar-refractivity contribution in [3.63, 3.8) is 0 Å². The van der Waals surface area contributed by atoms with Crippen LogP contribution in [-0.2, 0) is 4.79 Å². The second-order valence-corrected chi connectivity index (χ2v) is 6.94. The van der Waals surface area contributed by atoms with E-state index in [9.17, 15) is 4.79 Å². The summed E-state index contributed by atoms with van der Waals surface area (Å²) in [4.78, 5) is 13.6. The first-order chi connectivity index (χ1) is 12.8. The van der Waals surface area contributed by atoms with Gasteiger partial charge in [-0.25, -0.2) is 0 Å². The largest absolute Gasteiger partial charge is 0.454 e. The van der Waals surface area contributed by atoms with Crippen molar-refractivity contribution in [3.05, 3.63) is 76.5 Å². The second kappa shape index (κ2) is 7.59. The van der Waals surface area contributed by atoms with E-state index in [2.05, 4.69) is 34.2 Å². The minimum Gasteiger partial charge on any atom is -0.454 e. The summed E-state index contributed by atoms with van der Waals surface area (Å²) in [6, 6.07) is 19.9. The lowest BCUT2D eigenvalue weighted by Gasteiger charge is -2.14. The molecule has 0 saturated carbocycles. The molecule has 2 heterocycles. The maximum Gasteiger partial charge on any atom is 0.279 e. The van der Waals surface area contributed by atoms with Crippen molar-refractivity contribution in [2.75, 3.05) is 18.7 Å². The Hall–Kier alpha value is -2.83. The summed E-state index contributed by atoms with van der Waals surface area (Å²) in [7, 11) is 0. The number of amides is 1. The van der Waals surface area contributed by atoms with Gasteiger partial charge in [-0.2, -0.15) is 0 Å². The summed E-state index contributed by atoms with van der Waals surface area (Å²) in [5.74, 6) is 1.31. The van der Waals surface area contributed by atoms with Crippen LogP contribution in [0.4, 0.5) is 5.69 Å². The van der Waals surface area contributed by atoms with Gasteiger partial charge in [0.25, 0.3) is 5.91 Å². The summed E-state index contributed by atoms with van der Waals surface area (Å²) in [5.41, 5.74) is 1.89. The Morgan fingerprint density at radius 3 is 2.73 bits per heavy atom. The lowest BCUT2D eigenvalue weighted by molar-refractivity contribution is -0.675. The van der Waals surface area contributed by atoms with Crippen LogP contribution >= 0.6 is 11.3 Å². The number of rotatable bonds is 6. The molecular weight excluding hydrogens is 348 g/mol. The quantitative estimate of drug-likeness (QED) is 0.704. The van der Waals surface area contributed by atoms with Crippen LogP contribution in [0.3, 0.4) is 0 Å². The number of ether oxygens (including phenoxy) is 2. The predicted octanol–water partition coefficient (Wildman–Crippen LogP) is 2.77. The molecule has 0 aliphatic carbocycles. The van der Waals surface area contributed by atoms with Crippen molar-refractivity contribution in [2.24, 2.45) is 0 Å². The van der Waals surface area contributed by atoms with Gasteiger partial charge >= 0.3 is 0 Å². The van der Waals surface area contributed by atoms with Crippen LogP contribution in [0.2, 0.25) is 0 Å². The fourth-order valence-electron chi connectivity index (χ4n) is 2.96. The highest BCUT2D eigenvalue weighted by Crippen LogP contribution is 2.34. The Labute approximate surface area is 155 Å². The molecule has 5 nitrogen and oxygen atoms in total. The monoisotopic (exact) mass is 367 g/mol. The van der Waals surface area contributed by atoms with Gasteiger partial charge in [0.1, 0.15) is 6.04 Å².